The minimum Gasteiger partial charge on any atom is -0.337 e. The number of halogens is 1. The molecule has 2 aromatic carbocycles. The number of thioether (sulfide) groups is 1. The molecule has 1 amide bonds. The summed E-state index contributed by atoms with van der Waals surface area (Å²) < 4.78 is 15.3. The largest absolute Gasteiger partial charge is 0.337 e. The molecule has 1 aliphatic carbocycles. The predicted molar refractivity (Wildman–Crippen MR) is 112 cm³/mol. The topological polar surface area (TPSA) is 83.6 Å². The van der Waals surface area contributed by atoms with Crippen LogP contribution in [0.4, 0.5) is 4.39 Å². The molecule has 1 heterocycles. The highest BCUT2D eigenvalue weighted by molar-refractivity contribution is 7.99. The average molecular weight is 422 g/mol. The van der Waals surface area contributed by atoms with E-state index < -0.39 is 5.54 Å². The zero-order valence-corrected chi connectivity index (χ0v) is 17.0. The van der Waals surface area contributed by atoms with Gasteiger partial charge in [0.25, 0.3) is 0 Å². The summed E-state index contributed by atoms with van der Waals surface area (Å²) in [5, 5.41) is 21.5. The Balaban J connectivity index is 1.59. The van der Waals surface area contributed by atoms with Crippen LogP contribution in [0.15, 0.2) is 59.8 Å². The van der Waals surface area contributed by atoms with E-state index in [1.165, 1.54) is 23.9 Å². The number of nitrogens with zero attached hydrogens (tertiary/aromatic N) is 4. The van der Waals surface area contributed by atoms with Gasteiger partial charge in [-0.1, -0.05) is 42.1 Å². The summed E-state index contributed by atoms with van der Waals surface area (Å²) in [5.41, 5.74) is 0.810. The second-order valence-electron chi connectivity index (χ2n) is 7.22. The molecule has 30 heavy (non-hydrogen) atoms. The van der Waals surface area contributed by atoms with Crippen molar-refractivity contribution in [2.24, 2.45) is 0 Å². The van der Waals surface area contributed by atoms with Crippen LogP contribution in [0.1, 0.15) is 25.7 Å². The van der Waals surface area contributed by atoms with Gasteiger partial charge in [0, 0.05) is 11.3 Å². The van der Waals surface area contributed by atoms with Crippen LogP contribution >= 0.6 is 11.8 Å². The Hall–Kier alpha value is -3.18. The Morgan fingerprint density at radius 1 is 1.13 bits per heavy atom. The lowest BCUT2D eigenvalue weighted by molar-refractivity contribution is -0.119. The van der Waals surface area contributed by atoms with E-state index in [1.54, 1.807) is 12.1 Å². The van der Waals surface area contributed by atoms with Crippen molar-refractivity contribution < 1.29 is 9.18 Å². The van der Waals surface area contributed by atoms with E-state index in [2.05, 4.69) is 21.6 Å². The van der Waals surface area contributed by atoms with Gasteiger partial charge in [0.1, 0.15) is 11.4 Å². The average Bonchev–Trinajstić information content (AvgIpc) is 3.41. The highest BCUT2D eigenvalue weighted by Gasteiger charge is 2.35. The number of benzene rings is 2. The molecular weight excluding hydrogens is 401 g/mol. The van der Waals surface area contributed by atoms with E-state index in [9.17, 15) is 14.4 Å². The van der Waals surface area contributed by atoms with Gasteiger partial charge in [-0.25, -0.2) is 4.39 Å². The summed E-state index contributed by atoms with van der Waals surface area (Å²) in [6.45, 7) is 0. The number of amides is 1. The van der Waals surface area contributed by atoms with Crippen LogP contribution in [0, 0.1) is 17.1 Å². The molecular formula is C22H20FN5OS. The molecule has 0 saturated heterocycles. The van der Waals surface area contributed by atoms with Crippen molar-refractivity contribution in [3.05, 3.63) is 60.4 Å². The first kappa shape index (κ1) is 20.1. The SMILES string of the molecule is N#CC1(NC(=O)CSc2nnc(-c3ccccc3)n2-c2ccc(F)cc2)CCCC1. The fourth-order valence-corrected chi connectivity index (χ4v) is 4.39. The molecule has 3 aromatic rings. The van der Waals surface area contributed by atoms with E-state index >= 15 is 0 Å². The summed E-state index contributed by atoms with van der Waals surface area (Å²) >= 11 is 1.24. The van der Waals surface area contributed by atoms with E-state index in [0.717, 1.165) is 18.4 Å². The van der Waals surface area contributed by atoms with Crippen molar-refractivity contribution in [1.29, 1.82) is 5.26 Å². The molecule has 1 fully saturated rings. The van der Waals surface area contributed by atoms with Gasteiger partial charge in [0.2, 0.25) is 5.91 Å². The van der Waals surface area contributed by atoms with Crippen molar-refractivity contribution in [3.63, 3.8) is 0 Å². The number of carbonyl (C=O) groups excluding carboxylic acids is 1. The molecule has 152 valence electrons. The van der Waals surface area contributed by atoms with Crippen LogP contribution in [-0.4, -0.2) is 32.0 Å². The fraction of sp³-hybridized carbons (Fsp3) is 0.273. The van der Waals surface area contributed by atoms with Gasteiger partial charge < -0.3 is 5.32 Å². The van der Waals surface area contributed by atoms with Crippen molar-refractivity contribution in [2.75, 3.05) is 5.75 Å². The van der Waals surface area contributed by atoms with Crippen LogP contribution in [0.2, 0.25) is 0 Å². The van der Waals surface area contributed by atoms with Gasteiger partial charge in [-0.05, 0) is 49.9 Å². The third kappa shape index (κ3) is 4.21. The van der Waals surface area contributed by atoms with Crippen molar-refractivity contribution in [3.8, 4) is 23.1 Å². The first-order chi connectivity index (χ1) is 14.6. The van der Waals surface area contributed by atoms with Crippen LogP contribution in [0.25, 0.3) is 17.1 Å². The van der Waals surface area contributed by atoms with E-state index in [1.807, 2.05) is 34.9 Å². The maximum absolute atomic E-state index is 13.4. The zero-order chi connectivity index (χ0) is 21.0. The summed E-state index contributed by atoms with van der Waals surface area (Å²) in [4.78, 5) is 12.5. The number of carbonyl (C=O) groups is 1. The maximum Gasteiger partial charge on any atom is 0.231 e. The molecule has 6 nitrogen and oxygen atoms in total. The Kier molecular flexibility index (Phi) is 5.81. The first-order valence-electron chi connectivity index (χ1n) is 9.72. The van der Waals surface area contributed by atoms with E-state index in [0.29, 0.717) is 29.5 Å². The third-order valence-electron chi connectivity index (χ3n) is 5.13. The number of aromatic nitrogens is 3. The zero-order valence-electron chi connectivity index (χ0n) is 16.2. The Labute approximate surface area is 178 Å². The van der Waals surface area contributed by atoms with Crippen LogP contribution in [0.5, 0.6) is 0 Å². The molecule has 1 N–H and O–H groups in total. The third-order valence-corrected chi connectivity index (χ3v) is 6.06. The number of nitrogens with one attached hydrogen (secondary N) is 1. The van der Waals surface area contributed by atoms with Gasteiger partial charge >= 0.3 is 0 Å². The molecule has 4 rings (SSSR count). The van der Waals surface area contributed by atoms with Gasteiger partial charge in [0.15, 0.2) is 11.0 Å². The Bertz CT molecular complexity index is 1070. The lowest BCUT2D eigenvalue weighted by Gasteiger charge is -2.21. The maximum atomic E-state index is 13.4. The molecule has 1 aliphatic rings. The minimum atomic E-state index is -0.753. The molecule has 0 radical (unpaired) electrons. The summed E-state index contributed by atoms with van der Waals surface area (Å²) in [5.74, 6) is 0.171. The van der Waals surface area contributed by atoms with Gasteiger partial charge in [-0.2, -0.15) is 5.26 Å². The number of rotatable bonds is 6. The highest BCUT2D eigenvalue weighted by Crippen LogP contribution is 2.30. The van der Waals surface area contributed by atoms with Crippen LogP contribution in [0.3, 0.4) is 0 Å². The second kappa shape index (κ2) is 8.67. The normalized spacial score (nSPS) is 14.9. The standard InChI is InChI=1S/C22H20FN5OS/c23-17-8-10-18(11-9-17)28-20(16-6-2-1-3-7-16)26-27-21(28)30-14-19(29)25-22(15-24)12-4-5-13-22/h1-3,6-11H,4-5,12-14H2,(H,25,29). The second-order valence-corrected chi connectivity index (χ2v) is 8.16. The number of hydrogen-bond donors (Lipinski definition) is 1. The van der Waals surface area contributed by atoms with E-state index in [-0.39, 0.29) is 17.5 Å². The highest BCUT2D eigenvalue weighted by atomic mass is 32.2. The molecule has 1 aromatic heterocycles. The minimum absolute atomic E-state index is 0.109. The summed E-state index contributed by atoms with van der Waals surface area (Å²) in [6.07, 6.45) is 3.26. The number of hydrogen-bond acceptors (Lipinski definition) is 5. The Morgan fingerprint density at radius 3 is 2.50 bits per heavy atom. The predicted octanol–water partition coefficient (Wildman–Crippen LogP) is 4.12. The van der Waals surface area contributed by atoms with Gasteiger partial charge in [-0.3, -0.25) is 9.36 Å². The Morgan fingerprint density at radius 2 is 1.83 bits per heavy atom. The summed E-state index contributed by atoms with van der Waals surface area (Å²) in [6, 6.07) is 17.9. The molecule has 0 bridgehead atoms. The molecule has 8 heteroatoms. The fourth-order valence-electron chi connectivity index (χ4n) is 3.64. The molecule has 0 unspecified atom stereocenters. The first-order valence-corrected chi connectivity index (χ1v) is 10.7. The van der Waals surface area contributed by atoms with E-state index in [4.69, 9.17) is 0 Å². The van der Waals surface area contributed by atoms with Gasteiger partial charge in [0.05, 0.1) is 11.8 Å². The summed E-state index contributed by atoms with van der Waals surface area (Å²) in [7, 11) is 0. The lowest BCUT2D eigenvalue weighted by Crippen LogP contribution is -2.45. The number of nitriles is 1. The monoisotopic (exact) mass is 421 g/mol. The molecule has 0 atom stereocenters. The quantitative estimate of drug-likeness (QED) is 0.606. The van der Waals surface area contributed by atoms with Crippen LogP contribution in [-0.2, 0) is 4.79 Å². The molecule has 0 aliphatic heterocycles. The van der Waals surface area contributed by atoms with Crippen molar-refractivity contribution >= 4 is 17.7 Å². The molecule has 1 saturated carbocycles. The lowest BCUT2D eigenvalue weighted by atomic mass is 10.0. The van der Waals surface area contributed by atoms with Gasteiger partial charge in [-0.15, -0.1) is 10.2 Å². The van der Waals surface area contributed by atoms with Crippen molar-refractivity contribution in [2.45, 2.75) is 36.4 Å². The van der Waals surface area contributed by atoms with Crippen molar-refractivity contribution in [1.82, 2.24) is 20.1 Å². The smallest absolute Gasteiger partial charge is 0.231 e. The van der Waals surface area contributed by atoms with Crippen LogP contribution < -0.4 is 5.32 Å². The molecule has 0 spiro atoms.